The largest absolute Gasteiger partial charge is 0.348 e. The number of benzene rings is 2. The minimum absolute atomic E-state index is 0.108. The molecule has 0 unspecified atom stereocenters. The van der Waals surface area contributed by atoms with Gasteiger partial charge in [0.1, 0.15) is 0 Å². The summed E-state index contributed by atoms with van der Waals surface area (Å²) in [5.74, 6) is -0.108. The van der Waals surface area contributed by atoms with Crippen LogP contribution in [0, 0.1) is 0 Å². The van der Waals surface area contributed by atoms with Crippen LogP contribution in [-0.2, 0) is 6.54 Å². The fraction of sp³-hybridized carbons (Fsp3) is 0.0714. The molecule has 0 aliphatic rings. The maximum atomic E-state index is 11.9. The molecule has 1 N–H and O–H groups in total. The summed E-state index contributed by atoms with van der Waals surface area (Å²) in [5, 5.41) is 2.87. The van der Waals surface area contributed by atoms with Gasteiger partial charge in [0, 0.05) is 15.9 Å². The average molecular weight is 322 g/mol. The Labute approximate surface area is 120 Å². The second-order valence-electron chi connectivity index (χ2n) is 3.83. The van der Waals surface area contributed by atoms with Crippen molar-refractivity contribution in [1.29, 1.82) is 0 Å². The van der Waals surface area contributed by atoms with Crippen molar-refractivity contribution in [2.45, 2.75) is 11.4 Å². The van der Waals surface area contributed by atoms with E-state index in [4.69, 9.17) is 0 Å². The molecule has 0 aromatic heterocycles. The minimum Gasteiger partial charge on any atom is -0.348 e. The van der Waals surface area contributed by atoms with Gasteiger partial charge in [-0.15, -0.1) is 12.6 Å². The van der Waals surface area contributed by atoms with Crippen molar-refractivity contribution in [2.75, 3.05) is 0 Å². The molecule has 0 saturated heterocycles. The third-order valence-electron chi connectivity index (χ3n) is 2.52. The molecule has 0 spiro atoms. The first-order valence-electron chi connectivity index (χ1n) is 5.47. The zero-order chi connectivity index (χ0) is 13.0. The van der Waals surface area contributed by atoms with Crippen LogP contribution in [-0.4, -0.2) is 5.91 Å². The molecule has 0 aliphatic carbocycles. The van der Waals surface area contributed by atoms with Gasteiger partial charge in [-0.05, 0) is 29.8 Å². The Balaban J connectivity index is 2.01. The Morgan fingerprint density at radius 2 is 1.78 bits per heavy atom. The predicted octanol–water partition coefficient (Wildman–Crippen LogP) is 3.67. The first-order chi connectivity index (χ1) is 8.66. The summed E-state index contributed by atoms with van der Waals surface area (Å²) in [6.45, 7) is 0.508. The number of thiol groups is 1. The zero-order valence-electron chi connectivity index (χ0n) is 9.56. The summed E-state index contributed by atoms with van der Waals surface area (Å²) in [7, 11) is 0. The van der Waals surface area contributed by atoms with Crippen LogP contribution in [0.2, 0.25) is 0 Å². The van der Waals surface area contributed by atoms with Crippen molar-refractivity contribution >= 4 is 34.5 Å². The highest BCUT2D eigenvalue weighted by molar-refractivity contribution is 9.10. The van der Waals surface area contributed by atoms with E-state index in [1.54, 1.807) is 12.1 Å². The van der Waals surface area contributed by atoms with E-state index < -0.39 is 0 Å². The average Bonchev–Trinajstić information content (AvgIpc) is 2.38. The third kappa shape index (κ3) is 3.37. The summed E-state index contributed by atoms with van der Waals surface area (Å²) < 4.78 is 1.03. The molecule has 0 heterocycles. The van der Waals surface area contributed by atoms with E-state index in [2.05, 4.69) is 33.9 Å². The molecule has 92 valence electrons. The van der Waals surface area contributed by atoms with Gasteiger partial charge in [-0.2, -0.15) is 0 Å². The minimum atomic E-state index is -0.108. The quantitative estimate of drug-likeness (QED) is 0.830. The fourth-order valence-corrected chi connectivity index (χ4v) is 2.07. The molecule has 18 heavy (non-hydrogen) atoms. The second kappa shape index (κ2) is 6.07. The van der Waals surface area contributed by atoms with Crippen molar-refractivity contribution in [1.82, 2.24) is 5.32 Å². The van der Waals surface area contributed by atoms with Crippen LogP contribution in [0.1, 0.15) is 15.9 Å². The highest BCUT2D eigenvalue weighted by Crippen LogP contribution is 2.13. The van der Waals surface area contributed by atoms with Crippen LogP contribution < -0.4 is 5.32 Å². The van der Waals surface area contributed by atoms with Crippen LogP contribution in [0.15, 0.2) is 57.9 Å². The summed E-state index contributed by atoms with van der Waals surface area (Å²) in [6.07, 6.45) is 0. The first kappa shape index (κ1) is 13.2. The van der Waals surface area contributed by atoms with Gasteiger partial charge in [-0.1, -0.05) is 40.2 Å². The molecule has 2 aromatic carbocycles. The van der Waals surface area contributed by atoms with Crippen molar-refractivity contribution in [3.8, 4) is 0 Å². The Kier molecular flexibility index (Phi) is 4.44. The molecule has 0 bridgehead atoms. The Hall–Kier alpha value is -1.26. The number of hydrogen-bond acceptors (Lipinski definition) is 2. The molecule has 0 atom stereocenters. The van der Waals surface area contributed by atoms with Crippen molar-refractivity contribution in [2.24, 2.45) is 0 Å². The molecule has 0 fully saturated rings. The van der Waals surface area contributed by atoms with E-state index >= 15 is 0 Å². The number of hydrogen-bond donors (Lipinski definition) is 2. The van der Waals surface area contributed by atoms with E-state index in [1.165, 1.54) is 0 Å². The van der Waals surface area contributed by atoms with E-state index in [1.807, 2.05) is 36.4 Å². The van der Waals surface area contributed by atoms with Crippen molar-refractivity contribution < 1.29 is 4.79 Å². The molecule has 0 radical (unpaired) electrons. The lowest BCUT2D eigenvalue weighted by atomic mass is 10.2. The van der Waals surface area contributed by atoms with Crippen LogP contribution >= 0.6 is 28.6 Å². The fourth-order valence-electron chi connectivity index (χ4n) is 1.55. The third-order valence-corrected chi connectivity index (χ3v) is 3.43. The summed E-state index contributed by atoms with van der Waals surface area (Å²) in [4.78, 5) is 12.6. The van der Waals surface area contributed by atoms with Crippen LogP contribution in [0.3, 0.4) is 0 Å². The highest BCUT2D eigenvalue weighted by atomic mass is 79.9. The van der Waals surface area contributed by atoms with Gasteiger partial charge >= 0.3 is 0 Å². The lowest BCUT2D eigenvalue weighted by Gasteiger charge is -2.07. The molecule has 2 aromatic rings. The van der Waals surface area contributed by atoms with Gasteiger partial charge in [-0.3, -0.25) is 4.79 Å². The van der Waals surface area contributed by atoms with E-state index in [0.717, 1.165) is 10.0 Å². The lowest BCUT2D eigenvalue weighted by molar-refractivity contribution is 0.0948. The van der Waals surface area contributed by atoms with Gasteiger partial charge in [0.2, 0.25) is 0 Å². The highest BCUT2D eigenvalue weighted by Gasteiger charge is 2.07. The van der Waals surface area contributed by atoms with E-state index in [9.17, 15) is 4.79 Å². The Bertz CT molecular complexity index is 554. The van der Waals surface area contributed by atoms with E-state index in [-0.39, 0.29) is 5.91 Å². The van der Waals surface area contributed by atoms with Gasteiger partial charge in [0.25, 0.3) is 5.91 Å². The topological polar surface area (TPSA) is 29.1 Å². The Morgan fingerprint density at radius 3 is 2.44 bits per heavy atom. The predicted molar refractivity (Wildman–Crippen MR) is 79.0 cm³/mol. The number of rotatable bonds is 3. The number of carbonyl (C=O) groups is 1. The van der Waals surface area contributed by atoms with Crippen LogP contribution in [0.4, 0.5) is 0 Å². The molecular weight excluding hydrogens is 310 g/mol. The number of carbonyl (C=O) groups excluding carboxylic acids is 1. The van der Waals surface area contributed by atoms with Gasteiger partial charge in [0.05, 0.1) is 5.56 Å². The van der Waals surface area contributed by atoms with Gasteiger partial charge < -0.3 is 5.32 Å². The van der Waals surface area contributed by atoms with Gasteiger partial charge in [-0.25, -0.2) is 0 Å². The monoisotopic (exact) mass is 321 g/mol. The smallest absolute Gasteiger partial charge is 0.252 e. The Morgan fingerprint density at radius 1 is 1.11 bits per heavy atom. The van der Waals surface area contributed by atoms with E-state index in [0.29, 0.717) is 17.0 Å². The lowest BCUT2D eigenvalue weighted by Crippen LogP contribution is -2.23. The summed E-state index contributed by atoms with van der Waals surface area (Å²) >= 11 is 7.64. The maximum absolute atomic E-state index is 11.9. The first-order valence-corrected chi connectivity index (χ1v) is 6.71. The van der Waals surface area contributed by atoms with Crippen LogP contribution in [0.25, 0.3) is 0 Å². The standard InChI is InChI=1S/C14H12BrNOS/c15-11-7-5-10(6-8-11)9-16-14(17)12-3-1-2-4-13(12)18/h1-8,18H,9H2,(H,16,17). The molecule has 2 nitrogen and oxygen atoms in total. The number of amides is 1. The van der Waals surface area contributed by atoms with Crippen molar-refractivity contribution in [3.05, 3.63) is 64.1 Å². The SMILES string of the molecule is O=C(NCc1ccc(Br)cc1)c1ccccc1S. The van der Waals surface area contributed by atoms with Crippen molar-refractivity contribution in [3.63, 3.8) is 0 Å². The molecule has 2 rings (SSSR count). The van der Waals surface area contributed by atoms with Crippen LogP contribution in [0.5, 0.6) is 0 Å². The van der Waals surface area contributed by atoms with Gasteiger partial charge in [0.15, 0.2) is 0 Å². The second-order valence-corrected chi connectivity index (χ2v) is 5.22. The maximum Gasteiger partial charge on any atom is 0.252 e. The molecule has 4 heteroatoms. The summed E-state index contributed by atoms with van der Waals surface area (Å²) in [6, 6.07) is 15.1. The molecule has 1 amide bonds. The number of halogens is 1. The normalized spacial score (nSPS) is 10.1. The zero-order valence-corrected chi connectivity index (χ0v) is 12.0. The molecule has 0 aliphatic heterocycles. The molecular formula is C14H12BrNOS. The number of nitrogens with one attached hydrogen (secondary N) is 1. The molecule has 0 saturated carbocycles. The summed E-state index contributed by atoms with van der Waals surface area (Å²) in [5.41, 5.74) is 1.65.